The molecular weight excluding hydrogens is 182 g/mol. The van der Waals surface area contributed by atoms with Crippen LogP contribution >= 0.6 is 11.9 Å². The lowest BCUT2D eigenvalue weighted by Gasteiger charge is -2.15. The molecule has 0 aromatic carbocycles. The molecule has 0 saturated carbocycles. The highest BCUT2D eigenvalue weighted by molar-refractivity contribution is 7.97. The predicted octanol–water partition coefficient (Wildman–Crippen LogP) is 1.75. The molecule has 1 N–H and O–H groups in total. The second-order valence-electron chi connectivity index (χ2n) is 3.44. The summed E-state index contributed by atoms with van der Waals surface area (Å²) in [5, 5.41) is 0. The molecule has 0 radical (unpaired) electrons. The summed E-state index contributed by atoms with van der Waals surface area (Å²) in [6, 6.07) is 0. The van der Waals surface area contributed by atoms with Crippen LogP contribution in [0.25, 0.3) is 0 Å². The maximum atomic E-state index is 4.54. The van der Waals surface area contributed by atoms with Crippen LogP contribution in [-0.2, 0) is 6.42 Å². The minimum atomic E-state index is 0.421. The standard InChI is InChI=1S/C9H13N3S/c1-6(2)9-10-5-8-7(12-9)3-4-11-13-8/h5-6,11H,3-4H2,1-2H3. The van der Waals surface area contributed by atoms with Gasteiger partial charge in [-0.3, -0.25) is 4.72 Å². The van der Waals surface area contributed by atoms with Crippen LogP contribution in [0.15, 0.2) is 11.1 Å². The van der Waals surface area contributed by atoms with Gasteiger partial charge in [0.05, 0.1) is 10.6 Å². The second kappa shape index (κ2) is 3.64. The van der Waals surface area contributed by atoms with E-state index in [2.05, 4.69) is 28.5 Å². The Bertz CT molecular complexity index is 312. The van der Waals surface area contributed by atoms with E-state index in [1.54, 1.807) is 11.9 Å². The summed E-state index contributed by atoms with van der Waals surface area (Å²) in [6.45, 7) is 5.25. The van der Waals surface area contributed by atoms with Crippen molar-refractivity contribution in [2.45, 2.75) is 31.1 Å². The number of nitrogens with zero attached hydrogens (tertiary/aromatic N) is 2. The van der Waals surface area contributed by atoms with Crippen LogP contribution in [0.4, 0.5) is 0 Å². The van der Waals surface area contributed by atoms with E-state index in [9.17, 15) is 0 Å². The zero-order chi connectivity index (χ0) is 9.26. The molecule has 70 valence electrons. The van der Waals surface area contributed by atoms with Crippen LogP contribution in [-0.4, -0.2) is 16.5 Å². The molecule has 1 aromatic rings. The Morgan fingerprint density at radius 1 is 1.54 bits per heavy atom. The Balaban J connectivity index is 2.35. The summed E-state index contributed by atoms with van der Waals surface area (Å²) in [6.07, 6.45) is 2.94. The molecule has 0 amide bonds. The number of fused-ring (bicyclic) bond motifs is 1. The second-order valence-corrected chi connectivity index (χ2v) is 4.37. The first kappa shape index (κ1) is 8.97. The zero-order valence-electron chi connectivity index (χ0n) is 7.87. The maximum Gasteiger partial charge on any atom is 0.131 e. The Labute approximate surface area is 82.5 Å². The summed E-state index contributed by atoms with van der Waals surface area (Å²) in [5.41, 5.74) is 1.20. The monoisotopic (exact) mass is 195 g/mol. The minimum absolute atomic E-state index is 0.421. The van der Waals surface area contributed by atoms with Gasteiger partial charge in [0.2, 0.25) is 0 Å². The molecule has 1 aromatic heterocycles. The Kier molecular flexibility index (Phi) is 2.51. The molecule has 0 spiro atoms. The molecule has 13 heavy (non-hydrogen) atoms. The van der Waals surface area contributed by atoms with E-state index in [0.717, 1.165) is 18.8 Å². The molecule has 0 aliphatic carbocycles. The van der Waals surface area contributed by atoms with Crippen LogP contribution in [0.5, 0.6) is 0 Å². The van der Waals surface area contributed by atoms with Crippen molar-refractivity contribution >= 4 is 11.9 Å². The van der Waals surface area contributed by atoms with Gasteiger partial charge in [-0.2, -0.15) is 0 Å². The van der Waals surface area contributed by atoms with Crippen LogP contribution in [0, 0.1) is 0 Å². The van der Waals surface area contributed by atoms with Crippen molar-refractivity contribution in [1.29, 1.82) is 0 Å². The largest absolute Gasteiger partial charge is 0.259 e. The number of aromatic nitrogens is 2. The third-order valence-electron chi connectivity index (χ3n) is 2.01. The topological polar surface area (TPSA) is 37.8 Å². The lowest BCUT2D eigenvalue weighted by Crippen LogP contribution is -2.17. The first-order valence-corrected chi connectivity index (χ1v) is 5.34. The average molecular weight is 195 g/mol. The van der Waals surface area contributed by atoms with Crippen molar-refractivity contribution in [3.63, 3.8) is 0 Å². The fourth-order valence-electron chi connectivity index (χ4n) is 1.26. The molecule has 0 atom stereocenters. The maximum absolute atomic E-state index is 4.54. The highest BCUT2D eigenvalue weighted by atomic mass is 32.2. The minimum Gasteiger partial charge on any atom is -0.259 e. The van der Waals surface area contributed by atoms with Crippen LogP contribution in [0.3, 0.4) is 0 Å². The van der Waals surface area contributed by atoms with Crippen molar-refractivity contribution in [3.05, 3.63) is 17.7 Å². The molecule has 2 rings (SSSR count). The smallest absolute Gasteiger partial charge is 0.131 e. The van der Waals surface area contributed by atoms with Gasteiger partial charge >= 0.3 is 0 Å². The predicted molar refractivity (Wildman–Crippen MR) is 53.7 cm³/mol. The Morgan fingerprint density at radius 3 is 3.15 bits per heavy atom. The van der Waals surface area contributed by atoms with E-state index in [-0.39, 0.29) is 0 Å². The SMILES string of the molecule is CC(C)c1ncc2c(n1)CCNS2. The van der Waals surface area contributed by atoms with E-state index in [1.807, 2.05) is 6.20 Å². The van der Waals surface area contributed by atoms with Gasteiger partial charge in [0.1, 0.15) is 5.82 Å². The normalized spacial score (nSPS) is 15.9. The van der Waals surface area contributed by atoms with Crippen molar-refractivity contribution in [2.75, 3.05) is 6.54 Å². The van der Waals surface area contributed by atoms with Gasteiger partial charge in [-0.25, -0.2) is 9.97 Å². The van der Waals surface area contributed by atoms with Crippen molar-refractivity contribution in [3.8, 4) is 0 Å². The third-order valence-corrected chi connectivity index (χ3v) is 2.92. The molecule has 1 aliphatic heterocycles. The molecule has 0 unspecified atom stereocenters. The first-order valence-electron chi connectivity index (χ1n) is 4.53. The molecular formula is C9H13N3S. The quantitative estimate of drug-likeness (QED) is 0.693. The van der Waals surface area contributed by atoms with E-state index >= 15 is 0 Å². The van der Waals surface area contributed by atoms with Gasteiger partial charge in [0, 0.05) is 25.1 Å². The van der Waals surface area contributed by atoms with E-state index in [4.69, 9.17) is 0 Å². The fraction of sp³-hybridized carbons (Fsp3) is 0.556. The summed E-state index contributed by atoms with van der Waals surface area (Å²) >= 11 is 1.63. The summed E-state index contributed by atoms with van der Waals surface area (Å²) in [5.74, 6) is 1.38. The van der Waals surface area contributed by atoms with E-state index < -0.39 is 0 Å². The van der Waals surface area contributed by atoms with Gasteiger partial charge < -0.3 is 0 Å². The molecule has 2 heterocycles. The lowest BCUT2D eigenvalue weighted by molar-refractivity contribution is 0.724. The molecule has 0 fully saturated rings. The molecule has 3 nitrogen and oxygen atoms in total. The first-order chi connectivity index (χ1) is 6.27. The van der Waals surface area contributed by atoms with Gasteiger partial charge in [-0.1, -0.05) is 13.8 Å². The third kappa shape index (κ3) is 1.84. The molecule has 1 aliphatic rings. The lowest BCUT2D eigenvalue weighted by atomic mass is 10.2. The summed E-state index contributed by atoms with van der Waals surface area (Å²) in [7, 11) is 0. The van der Waals surface area contributed by atoms with Crippen LogP contribution < -0.4 is 4.72 Å². The van der Waals surface area contributed by atoms with E-state index in [1.165, 1.54) is 10.6 Å². The van der Waals surface area contributed by atoms with Crippen LogP contribution in [0.1, 0.15) is 31.3 Å². The zero-order valence-corrected chi connectivity index (χ0v) is 8.69. The van der Waals surface area contributed by atoms with Crippen molar-refractivity contribution in [2.24, 2.45) is 0 Å². The van der Waals surface area contributed by atoms with E-state index in [0.29, 0.717) is 5.92 Å². The van der Waals surface area contributed by atoms with Gasteiger partial charge in [0.25, 0.3) is 0 Å². The van der Waals surface area contributed by atoms with Crippen molar-refractivity contribution in [1.82, 2.24) is 14.7 Å². The average Bonchev–Trinajstić information content (AvgIpc) is 2.17. The fourth-order valence-corrected chi connectivity index (χ4v) is 1.99. The van der Waals surface area contributed by atoms with Gasteiger partial charge in [-0.15, -0.1) is 0 Å². The summed E-state index contributed by atoms with van der Waals surface area (Å²) in [4.78, 5) is 10.0. The van der Waals surface area contributed by atoms with Crippen molar-refractivity contribution < 1.29 is 0 Å². The number of hydrogen-bond acceptors (Lipinski definition) is 4. The number of rotatable bonds is 1. The summed E-state index contributed by atoms with van der Waals surface area (Å²) < 4.78 is 3.23. The number of nitrogens with one attached hydrogen (secondary N) is 1. The number of hydrogen-bond donors (Lipinski definition) is 1. The molecule has 0 bridgehead atoms. The van der Waals surface area contributed by atoms with Gasteiger partial charge in [0.15, 0.2) is 0 Å². The Hall–Kier alpha value is -0.610. The van der Waals surface area contributed by atoms with Crippen LogP contribution in [0.2, 0.25) is 0 Å². The molecule has 0 saturated heterocycles. The highest BCUT2D eigenvalue weighted by Gasteiger charge is 2.13. The van der Waals surface area contributed by atoms with Gasteiger partial charge in [-0.05, 0) is 11.9 Å². The highest BCUT2D eigenvalue weighted by Crippen LogP contribution is 2.23. The Morgan fingerprint density at radius 2 is 2.38 bits per heavy atom. The molecule has 4 heteroatoms.